The Morgan fingerprint density at radius 1 is 1.44 bits per heavy atom. The third-order valence-electron chi connectivity index (χ3n) is 2.04. The van der Waals surface area contributed by atoms with Crippen LogP contribution in [-0.4, -0.2) is 19.4 Å². The van der Waals surface area contributed by atoms with Gasteiger partial charge in [-0.3, -0.25) is 0 Å². The first-order valence-corrected chi connectivity index (χ1v) is 4.60. The van der Waals surface area contributed by atoms with Crippen LogP contribution in [0.5, 0.6) is 0 Å². The topological polar surface area (TPSA) is 43.4 Å². The van der Waals surface area contributed by atoms with Crippen LogP contribution < -0.4 is 0 Å². The van der Waals surface area contributed by atoms with E-state index in [0.717, 1.165) is 13.2 Å². The Labute approximate surface area is 91.0 Å². The zero-order valence-electron chi connectivity index (χ0n) is 8.63. The van der Waals surface area contributed by atoms with Gasteiger partial charge in [0.05, 0.1) is 12.7 Å². The Morgan fingerprint density at radius 2 is 2.12 bits per heavy atom. The molecule has 0 atom stereocenters. The van der Waals surface area contributed by atoms with Crippen LogP contribution in [0.25, 0.3) is 0 Å². The number of carbonyl (C=O) groups excluding carboxylic acids is 2. The number of aryl methyl sites for hydroxylation is 1. The number of methoxy groups -OCH3 is 1. The molecule has 16 heavy (non-hydrogen) atoms. The van der Waals surface area contributed by atoms with E-state index in [9.17, 15) is 18.4 Å². The van der Waals surface area contributed by atoms with Gasteiger partial charge in [0.2, 0.25) is 0 Å². The summed E-state index contributed by atoms with van der Waals surface area (Å²) in [5.74, 6) is -3.30. The van der Waals surface area contributed by atoms with Crippen molar-refractivity contribution in [3.8, 4) is 0 Å². The lowest BCUT2D eigenvalue weighted by Crippen LogP contribution is -2.07. The Bertz CT molecular complexity index is 416. The van der Waals surface area contributed by atoms with Crippen LogP contribution in [0.2, 0.25) is 0 Å². The van der Waals surface area contributed by atoms with Crippen molar-refractivity contribution < 1.29 is 23.1 Å². The predicted octanol–water partition coefficient (Wildman–Crippen LogP) is 1.88. The van der Waals surface area contributed by atoms with Crippen LogP contribution >= 0.6 is 0 Å². The quantitative estimate of drug-likeness (QED) is 0.583. The van der Waals surface area contributed by atoms with E-state index in [0.29, 0.717) is 11.8 Å². The lowest BCUT2D eigenvalue weighted by Gasteiger charge is -2.05. The largest absolute Gasteiger partial charge is 0.465 e. The zero-order chi connectivity index (χ0) is 12.1. The summed E-state index contributed by atoms with van der Waals surface area (Å²) in [5.41, 5.74) is -0.0743. The monoisotopic (exact) mass is 228 g/mol. The van der Waals surface area contributed by atoms with Crippen molar-refractivity contribution in [2.24, 2.45) is 0 Å². The Balaban J connectivity index is 3.11. The summed E-state index contributed by atoms with van der Waals surface area (Å²) >= 11 is 0. The molecule has 0 aliphatic heterocycles. The van der Waals surface area contributed by atoms with Crippen LogP contribution in [0.4, 0.5) is 8.78 Å². The molecule has 0 fully saturated rings. The molecular formula is C11H10F2O3. The second kappa shape index (κ2) is 5.34. The fourth-order valence-electron chi connectivity index (χ4n) is 1.27. The minimum absolute atomic E-state index is 0.186. The Morgan fingerprint density at radius 3 is 2.69 bits per heavy atom. The van der Waals surface area contributed by atoms with Gasteiger partial charge in [-0.25, -0.2) is 13.6 Å². The molecule has 0 amide bonds. The minimum Gasteiger partial charge on any atom is -0.465 e. The first-order valence-electron chi connectivity index (χ1n) is 4.60. The molecule has 0 bridgehead atoms. The van der Waals surface area contributed by atoms with E-state index in [1.54, 1.807) is 0 Å². The van der Waals surface area contributed by atoms with Crippen LogP contribution in [0.3, 0.4) is 0 Å². The van der Waals surface area contributed by atoms with Crippen LogP contribution in [0.15, 0.2) is 12.1 Å². The summed E-state index contributed by atoms with van der Waals surface area (Å²) in [6, 6.07) is 2.15. The molecule has 0 spiro atoms. The molecule has 0 aromatic heterocycles. The molecule has 0 aliphatic rings. The number of ether oxygens (including phenoxy) is 1. The average molecular weight is 228 g/mol. The van der Waals surface area contributed by atoms with Gasteiger partial charge in [-0.2, -0.15) is 0 Å². The second-order valence-electron chi connectivity index (χ2n) is 3.14. The maximum atomic E-state index is 13.2. The third-order valence-corrected chi connectivity index (χ3v) is 2.04. The smallest absolute Gasteiger partial charge is 0.340 e. The predicted molar refractivity (Wildman–Crippen MR) is 52.1 cm³/mol. The number of esters is 1. The molecule has 1 rings (SSSR count). The van der Waals surface area contributed by atoms with Crippen molar-refractivity contribution in [1.29, 1.82) is 0 Å². The van der Waals surface area contributed by atoms with Crippen LogP contribution in [0.1, 0.15) is 22.3 Å². The van der Waals surface area contributed by atoms with Gasteiger partial charge in [-0.15, -0.1) is 0 Å². The van der Waals surface area contributed by atoms with E-state index >= 15 is 0 Å². The van der Waals surface area contributed by atoms with E-state index in [4.69, 9.17) is 0 Å². The van der Waals surface area contributed by atoms with Gasteiger partial charge >= 0.3 is 5.97 Å². The maximum Gasteiger partial charge on any atom is 0.340 e. The van der Waals surface area contributed by atoms with Crippen molar-refractivity contribution >= 4 is 12.3 Å². The molecule has 0 heterocycles. The number of rotatable bonds is 4. The van der Waals surface area contributed by atoms with Gasteiger partial charge in [-0.1, -0.05) is 0 Å². The highest BCUT2D eigenvalue weighted by molar-refractivity contribution is 5.89. The highest BCUT2D eigenvalue weighted by Crippen LogP contribution is 2.17. The third kappa shape index (κ3) is 2.62. The molecular weight excluding hydrogens is 218 g/mol. The summed E-state index contributed by atoms with van der Waals surface area (Å²) in [7, 11) is 1.08. The van der Waals surface area contributed by atoms with E-state index in [1.165, 1.54) is 6.07 Å². The molecule has 0 unspecified atom stereocenters. The van der Waals surface area contributed by atoms with E-state index in [-0.39, 0.29) is 12.8 Å². The van der Waals surface area contributed by atoms with Crippen molar-refractivity contribution in [1.82, 2.24) is 0 Å². The fourth-order valence-corrected chi connectivity index (χ4v) is 1.27. The molecule has 0 N–H and O–H groups in total. The minimum atomic E-state index is -1.23. The van der Waals surface area contributed by atoms with Crippen molar-refractivity contribution in [2.45, 2.75) is 12.8 Å². The summed E-state index contributed by atoms with van der Waals surface area (Å²) in [4.78, 5) is 21.3. The summed E-state index contributed by atoms with van der Waals surface area (Å²) in [6.45, 7) is 0. The lowest BCUT2D eigenvalue weighted by molar-refractivity contribution is -0.107. The van der Waals surface area contributed by atoms with Gasteiger partial charge in [0, 0.05) is 6.42 Å². The van der Waals surface area contributed by atoms with Gasteiger partial charge in [0.1, 0.15) is 6.29 Å². The van der Waals surface area contributed by atoms with E-state index in [2.05, 4.69) is 4.74 Å². The number of carbonyl (C=O) groups is 2. The van der Waals surface area contributed by atoms with Gasteiger partial charge < -0.3 is 9.53 Å². The summed E-state index contributed by atoms with van der Waals surface area (Å²) in [5, 5.41) is 0. The van der Waals surface area contributed by atoms with Crippen molar-refractivity contribution in [2.75, 3.05) is 7.11 Å². The van der Waals surface area contributed by atoms with Gasteiger partial charge in [0.25, 0.3) is 0 Å². The Kier molecular flexibility index (Phi) is 4.10. The van der Waals surface area contributed by atoms with Crippen LogP contribution in [0, 0.1) is 11.6 Å². The first-order chi connectivity index (χ1) is 7.60. The summed E-state index contributed by atoms with van der Waals surface area (Å²) < 4.78 is 30.6. The first kappa shape index (κ1) is 12.3. The second-order valence-corrected chi connectivity index (χ2v) is 3.14. The zero-order valence-corrected chi connectivity index (χ0v) is 8.63. The molecule has 0 saturated carbocycles. The molecule has 5 heteroatoms. The number of hydrogen-bond acceptors (Lipinski definition) is 3. The highest BCUT2D eigenvalue weighted by atomic mass is 19.2. The average Bonchev–Trinajstić information content (AvgIpc) is 2.29. The highest BCUT2D eigenvalue weighted by Gasteiger charge is 2.17. The SMILES string of the molecule is COC(=O)c1cc(CCC=O)cc(F)c1F. The molecule has 0 aliphatic carbocycles. The fraction of sp³-hybridized carbons (Fsp3) is 0.273. The maximum absolute atomic E-state index is 13.2. The van der Waals surface area contributed by atoms with Crippen molar-refractivity contribution in [3.05, 3.63) is 34.9 Å². The van der Waals surface area contributed by atoms with E-state index < -0.39 is 23.2 Å². The lowest BCUT2D eigenvalue weighted by atomic mass is 10.1. The van der Waals surface area contributed by atoms with Gasteiger partial charge in [0.15, 0.2) is 11.6 Å². The van der Waals surface area contributed by atoms with Crippen molar-refractivity contribution in [3.63, 3.8) is 0 Å². The number of hydrogen-bond donors (Lipinski definition) is 0. The number of aldehydes is 1. The van der Waals surface area contributed by atoms with Crippen LogP contribution in [-0.2, 0) is 16.0 Å². The molecule has 86 valence electrons. The normalized spacial score (nSPS) is 9.94. The molecule has 3 nitrogen and oxygen atoms in total. The molecule has 1 aromatic rings. The molecule has 0 saturated heterocycles. The number of halogens is 2. The van der Waals surface area contributed by atoms with Gasteiger partial charge in [-0.05, 0) is 24.1 Å². The standard InChI is InChI=1S/C11H10F2O3/c1-16-11(15)8-5-7(3-2-4-14)6-9(12)10(8)13/h4-6H,2-3H2,1H3. The Hall–Kier alpha value is -1.78. The molecule has 0 radical (unpaired) electrons. The molecule has 1 aromatic carbocycles. The number of benzene rings is 1. The summed E-state index contributed by atoms with van der Waals surface area (Å²) in [6.07, 6.45) is 1.11. The van der Waals surface area contributed by atoms with E-state index in [1.807, 2.05) is 0 Å².